The molecule has 0 bridgehead atoms. The van der Waals surface area contributed by atoms with Crippen LogP contribution in [-0.2, 0) is 4.74 Å². The first-order valence-electron chi connectivity index (χ1n) is 9.00. The van der Waals surface area contributed by atoms with E-state index in [-0.39, 0.29) is 0 Å². The number of β-amino-alcohol motifs (C(OH)–C–C–N with tert-alkyl or cyclic N) is 1. The molecule has 7 heteroatoms. The van der Waals surface area contributed by atoms with Crippen molar-refractivity contribution in [1.29, 1.82) is 0 Å². The molecule has 0 saturated carbocycles. The molecule has 2 aliphatic heterocycles. The summed E-state index contributed by atoms with van der Waals surface area (Å²) in [4.78, 5) is 13.2. The third-order valence-electron chi connectivity index (χ3n) is 4.73. The van der Waals surface area contributed by atoms with Gasteiger partial charge in [0.25, 0.3) is 0 Å². The van der Waals surface area contributed by atoms with E-state index in [9.17, 15) is 5.11 Å². The zero-order chi connectivity index (χ0) is 16.8. The lowest BCUT2D eigenvalue weighted by Gasteiger charge is -2.32. The molecule has 2 saturated heterocycles. The molecule has 3 heterocycles. The number of piperidine rings is 1. The quantitative estimate of drug-likeness (QED) is 0.797. The monoisotopic (exact) mass is 335 g/mol. The Hall–Kier alpha value is -1.44. The van der Waals surface area contributed by atoms with Crippen LogP contribution < -0.4 is 10.2 Å². The van der Waals surface area contributed by atoms with Gasteiger partial charge in [0, 0.05) is 45.3 Å². The second kappa shape index (κ2) is 8.60. The Morgan fingerprint density at radius 2 is 2.17 bits per heavy atom. The van der Waals surface area contributed by atoms with Crippen LogP contribution in [0.2, 0.25) is 0 Å². The number of nitrogens with zero attached hydrogens (tertiary/aromatic N) is 4. The van der Waals surface area contributed by atoms with E-state index in [1.807, 2.05) is 6.07 Å². The summed E-state index contributed by atoms with van der Waals surface area (Å²) < 4.78 is 5.33. The van der Waals surface area contributed by atoms with Gasteiger partial charge >= 0.3 is 0 Å². The third-order valence-corrected chi connectivity index (χ3v) is 4.73. The van der Waals surface area contributed by atoms with E-state index in [1.165, 1.54) is 12.8 Å². The van der Waals surface area contributed by atoms with Crippen molar-refractivity contribution in [2.45, 2.75) is 25.9 Å². The Labute approximate surface area is 144 Å². The SMILES string of the molecule is CC1CCCN(c2cc(NCC(O)CN3CCOCC3)ncn2)C1. The Bertz CT molecular complexity index is 510. The molecule has 2 atom stereocenters. The van der Waals surface area contributed by atoms with Gasteiger partial charge in [-0.05, 0) is 18.8 Å². The first-order valence-corrected chi connectivity index (χ1v) is 9.00. The summed E-state index contributed by atoms with van der Waals surface area (Å²) in [5.41, 5.74) is 0. The van der Waals surface area contributed by atoms with E-state index in [0.717, 1.165) is 51.0 Å². The average molecular weight is 335 g/mol. The molecule has 2 unspecified atom stereocenters. The van der Waals surface area contributed by atoms with Crippen molar-refractivity contribution >= 4 is 11.6 Å². The normalized spacial score (nSPS) is 23.9. The summed E-state index contributed by atoms with van der Waals surface area (Å²) in [5, 5.41) is 13.5. The predicted octanol–water partition coefficient (Wildman–Crippen LogP) is 0.818. The van der Waals surface area contributed by atoms with Gasteiger partial charge in [-0.1, -0.05) is 6.92 Å². The van der Waals surface area contributed by atoms with E-state index >= 15 is 0 Å². The lowest BCUT2D eigenvalue weighted by atomic mass is 10.0. The van der Waals surface area contributed by atoms with Gasteiger partial charge in [-0.25, -0.2) is 9.97 Å². The standard InChI is InChI=1S/C17H29N5O2/c1-14-3-2-4-22(11-14)17-9-16(19-13-20-17)18-10-15(23)12-21-5-7-24-8-6-21/h9,13-15,23H,2-8,10-12H2,1H3,(H,18,19,20). The van der Waals surface area contributed by atoms with Crippen molar-refractivity contribution in [2.24, 2.45) is 5.92 Å². The summed E-state index contributed by atoms with van der Waals surface area (Å²) in [6, 6.07) is 1.99. The molecule has 0 aromatic carbocycles. The number of hydrogen-bond acceptors (Lipinski definition) is 7. The molecule has 0 aliphatic carbocycles. The molecule has 2 N–H and O–H groups in total. The van der Waals surface area contributed by atoms with Crippen molar-refractivity contribution in [1.82, 2.24) is 14.9 Å². The summed E-state index contributed by atoms with van der Waals surface area (Å²) in [6.07, 6.45) is 3.69. The van der Waals surface area contributed by atoms with Gasteiger partial charge < -0.3 is 20.1 Å². The number of morpholine rings is 1. The molecule has 0 amide bonds. The molecule has 7 nitrogen and oxygen atoms in total. The van der Waals surface area contributed by atoms with E-state index in [0.29, 0.717) is 19.0 Å². The van der Waals surface area contributed by atoms with Gasteiger partial charge in [0.1, 0.15) is 18.0 Å². The molecule has 2 aliphatic rings. The second-order valence-electron chi connectivity index (χ2n) is 6.90. The molecule has 134 valence electrons. The van der Waals surface area contributed by atoms with Crippen LogP contribution in [-0.4, -0.2) is 78.6 Å². The number of rotatable bonds is 6. The predicted molar refractivity (Wildman–Crippen MR) is 94.4 cm³/mol. The second-order valence-corrected chi connectivity index (χ2v) is 6.90. The van der Waals surface area contributed by atoms with E-state index < -0.39 is 6.10 Å². The fourth-order valence-electron chi connectivity index (χ4n) is 3.38. The van der Waals surface area contributed by atoms with E-state index in [4.69, 9.17) is 4.74 Å². The highest BCUT2D eigenvalue weighted by Gasteiger charge is 2.18. The first-order chi connectivity index (χ1) is 11.7. The van der Waals surface area contributed by atoms with E-state index in [2.05, 4.69) is 32.0 Å². The van der Waals surface area contributed by atoms with Crippen LogP contribution in [0, 0.1) is 5.92 Å². The molecular formula is C17H29N5O2. The van der Waals surface area contributed by atoms with Crippen molar-refractivity contribution < 1.29 is 9.84 Å². The van der Waals surface area contributed by atoms with Crippen LogP contribution in [0.25, 0.3) is 0 Å². The lowest BCUT2D eigenvalue weighted by Crippen LogP contribution is -2.42. The Morgan fingerprint density at radius 1 is 1.33 bits per heavy atom. The van der Waals surface area contributed by atoms with Gasteiger partial charge in [0.05, 0.1) is 19.3 Å². The maximum Gasteiger partial charge on any atom is 0.134 e. The number of aliphatic hydroxyl groups is 1. The van der Waals surface area contributed by atoms with Crippen LogP contribution in [0.15, 0.2) is 12.4 Å². The third kappa shape index (κ3) is 5.03. The minimum absolute atomic E-state index is 0.420. The highest BCUT2D eigenvalue weighted by atomic mass is 16.5. The van der Waals surface area contributed by atoms with Crippen molar-refractivity contribution in [2.75, 3.05) is 62.7 Å². The average Bonchev–Trinajstić information content (AvgIpc) is 2.61. The Kier molecular flexibility index (Phi) is 6.23. The molecular weight excluding hydrogens is 306 g/mol. The fraction of sp³-hybridized carbons (Fsp3) is 0.765. The molecule has 0 spiro atoms. The Balaban J connectivity index is 1.49. The van der Waals surface area contributed by atoms with Crippen LogP contribution >= 0.6 is 0 Å². The summed E-state index contributed by atoms with van der Waals surface area (Å²) >= 11 is 0. The van der Waals surface area contributed by atoms with Crippen LogP contribution in [0.3, 0.4) is 0 Å². The number of anilines is 2. The number of hydrogen-bond donors (Lipinski definition) is 2. The van der Waals surface area contributed by atoms with Gasteiger partial charge in [-0.15, -0.1) is 0 Å². The van der Waals surface area contributed by atoms with Gasteiger partial charge in [0.2, 0.25) is 0 Å². The topological polar surface area (TPSA) is 73.8 Å². The number of ether oxygens (including phenoxy) is 1. The minimum Gasteiger partial charge on any atom is -0.390 e. The molecule has 3 rings (SSSR count). The van der Waals surface area contributed by atoms with Crippen LogP contribution in [0.1, 0.15) is 19.8 Å². The number of aromatic nitrogens is 2. The van der Waals surface area contributed by atoms with E-state index in [1.54, 1.807) is 6.33 Å². The Morgan fingerprint density at radius 3 is 2.96 bits per heavy atom. The minimum atomic E-state index is -0.420. The molecule has 0 radical (unpaired) electrons. The number of nitrogens with one attached hydrogen (secondary N) is 1. The van der Waals surface area contributed by atoms with Crippen molar-refractivity contribution in [3.8, 4) is 0 Å². The van der Waals surface area contributed by atoms with Crippen LogP contribution in [0.5, 0.6) is 0 Å². The molecule has 2 fully saturated rings. The summed E-state index contributed by atoms with van der Waals surface area (Å²) in [6.45, 7) is 8.84. The highest BCUT2D eigenvalue weighted by Crippen LogP contribution is 2.22. The lowest BCUT2D eigenvalue weighted by molar-refractivity contribution is 0.0171. The smallest absolute Gasteiger partial charge is 0.134 e. The maximum absolute atomic E-state index is 10.2. The number of aliphatic hydroxyl groups excluding tert-OH is 1. The van der Waals surface area contributed by atoms with Gasteiger partial charge in [-0.3, -0.25) is 4.90 Å². The first kappa shape index (κ1) is 17.4. The van der Waals surface area contributed by atoms with Crippen molar-refractivity contribution in [3.05, 3.63) is 12.4 Å². The fourth-order valence-corrected chi connectivity index (χ4v) is 3.38. The highest BCUT2D eigenvalue weighted by molar-refractivity contribution is 5.48. The zero-order valence-corrected chi connectivity index (χ0v) is 14.5. The van der Waals surface area contributed by atoms with Crippen LogP contribution in [0.4, 0.5) is 11.6 Å². The molecule has 24 heavy (non-hydrogen) atoms. The largest absolute Gasteiger partial charge is 0.390 e. The molecule has 1 aromatic rings. The zero-order valence-electron chi connectivity index (χ0n) is 14.5. The maximum atomic E-state index is 10.2. The van der Waals surface area contributed by atoms with Crippen molar-refractivity contribution in [3.63, 3.8) is 0 Å². The van der Waals surface area contributed by atoms with Gasteiger partial charge in [-0.2, -0.15) is 0 Å². The molecule has 1 aromatic heterocycles. The summed E-state index contributed by atoms with van der Waals surface area (Å²) in [5.74, 6) is 2.46. The van der Waals surface area contributed by atoms with Gasteiger partial charge in [0.15, 0.2) is 0 Å². The summed E-state index contributed by atoms with van der Waals surface area (Å²) in [7, 11) is 0.